The maximum atomic E-state index is 9.37. The van der Waals surface area contributed by atoms with Crippen LogP contribution in [0, 0.1) is 0 Å². The van der Waals surface area contributed by atoms with Crippen molar-refractivity contribution in [3.8, 4) is 0 Å². The largest absolute Gasteiger partial charge is 2.00 e. The Hall–Kier alpha value is 0.259. The quantitative estimate of drug-likeness (QED) is 0.181. The zero-order valence-corrected chi connectivity index (χ0v) is 7.17. The van der Waals surface area contributed by atoms with E-state index in [9.17, 15) is 25.9 Å². The molecule has 0 saturated carbocycles. The van der Waals surface area contributed by atoms with Gasteiger partial charge in [0.15, 0.2) is 0 Å². The molecule has 0 aliphatic carbocycles. The van der Waals surface area contributed by atoms with Crippen LogP contribution in [0.15, 0.2) is 0 Å². The van der Waals surface area contributed by atoms with Crippen LogP contribution in [0.5, 0.6) is 0 Å². The van der Waals surface area contributed by atoms with Gasteiger partial charge in [-0.3, -0.25) is 0 Å². The van der Waals surface area contributed by atoms with Crippen LogP contribution in [0.2, 0.25) is 0 Å². The minimum Gasteiger partial charge on any atom is -0.724 e. The molecule has 0 aromatic rings. The zero-order valence-electron chi connectivity index (χ0n) is 4.44. The van der Waals surface area contributed by atoms with E-state index in [0.29, 0.717) is 0 Å². The van der Waals surface area contributed by atoms with Gasteiger partial charge >= 0.3 is 17.1 Å². The van der Waals surface area contributed by atoms with Crippen LogP contribution in [-0.2, 0) is 46.5 Å². The summed E-state index contributed by atoms with van der Waals surface area (Å²) in [7, 11) is -10.6. The molecular weight excluding hydrogens is 248 g/mol. The molecular formula is FeO8S2. The van der Waals surface area contributed by atoms with Gasteiger partial charge in [0.1, 0.15) is 0 Å². The average Bonchev–Trinajstić information content (AvgIpc) is 1.57. The van der Waals surface area contributed by atoms with Gasteiger partial charge in [-0.2, -0.15) is 0 Å². The maximum Gasteiger partial charge on any atom is 2.00 e. The summed E-state index contributed by atoms with van der Waals surface area (Å²) >= 11 is 0. The summed E-state index contributed by atoms with van der Waals surface area (Å²) in [4.78, 5) is 0. The van der Waals surface area contributed by atoms with Gasteiger partial charge in [-0.25, -0.2) is 16.8 Å². The molecule has 8 nitrogen and oxygen atoms in total. The molecule has 0 rings (SSSR count). The minimum absolute atomic E-state index is 0. The van der Waals surface area contributed by atoms with Gasteiger partial charge in [0, 0.05) is 0 Å². The summed E-state index contributed by atoms with van der Waals surface area (Å²) in [6.45, 7) is 0. The third-order valence-electron chi connectivity index (χ3n) is 0.194. The van der Waals surface area contributed by atoms with E-state index in [1.807, 2.05) is 0 Å². The van der Waals surface area contributed by atoms with E-state index in [4.69, 9.17) is 0 Å². The van der Waals surface area contributed by atoms with Crippen molar-refractivity contribution in [3.05, 3.63) is 0 Å². The fraction of sp³-hybridized carbons (Fsp3) is 0. The molecule has 0 saturated heterocycles. The molecule has 0 aliphatic heterocycles. The van der Waals surface area contributed by atoms with E-state index >= 15 is 0 Å². The normalized spacial score (nSPS) is 12.2. The topological polar surface area (TPSA) is 133 Å². The van der Waals surface area contributed by atoms with Crippen LogP contribution in [0.4, 0.5) is 0 Å². The molecule has 11 heteroatoms. The molecule has 0 unspecified atom stereocenters. The van der Waals surface area contributed by atoms with E-state index < -0.39 is 20.8 Å². The van der Waals surface area contributed by atoms with Gasteiger partial charge in [0.25, 0.3) is 0 Å². The Morgan fingerprint density at radius 1 is 0.818 bits per heavy atom. The molecule has 0 aliphatic rings. The summed E-state index contributed by atoms with van der Waals surface area (Å²) in [6.07, 6.45) is 0. The SMILES string of the molecule is O=S(=O)([O-])OOS(=O)(=O)[O-].[Fe+2]. The van der Waals surface area contributed by atoms with Crippen molar-refractivity contribution < 1.29 is 51.7 Å². The molecule has 0 spiro atoms. The first-order valence-electron chi connectivity index (χ1n) is 1.50. The van der Waals surface area contributed by atoms with Crippen LogP contribution in [0.25, 0.3) is 0 Å². The number of hydrogen-bond donors (Lipinski definition) is 0. The molecule has 0 aromatic heterocycles. The molecule has 0 fully saturated rings. The summed E-state index contributed by atoms with van der Waals surface area (Å²) < 4.78 is 61.5. The Balaban J connectivity index is 0. The van der Waals surface area contributed by atoms with Gasteiger partial charge in [0.05, 0.1) is 0 Å². The van der Waals surface area contributed by atoms with Gasteiger partial charge in [-0.05, 0) is 0 Å². The number of rotatable bonds is 3. The predicted octanol–water partition coefficient (Wildman–Crippen LogP) is -2.15. The maximum absolute atomic E-state index is 9.37. The van der Waals surface area contributed by atoms with Crippen molar-refractivity contribution in [2.24, 2.45) is 0 Å². The van der Waals surface area contributed by atoms with E-state index in [1.54, 1.807) is 0 Å². The zero-order chi connectivity index (χ0) is 8.41. The summed E-state index contributed by atoms with van der Waals surface area (Å²) in [6, 6.07) is 0. The second kappa shape index (κ2) is 4.33. The van der Waals surface area contributed by atoms with Crippen molar-refractivity contribution in [1.82, 2.24) is 0 Å². The van der Waals surface area contributed by atoms with Gasteiger partial charge in [0.2, 0.25) is 20.8 Å². The fourth-order valence-electron chi connectivity index (χ4n) is 0.0680. The molecule has 0 N–H and O–H groups in total. The standard InChI is InChI=1S/Fe.H2O8S2/c;1-9(2,3)7-8-10(4,5)6/h;(H,1,2,3)(H,4,5,6)/q+2;/p-2. The third-order valence-corrected chi connectivity index (χ3v) is 0.750. The molecule has 0 aromatic carbocycles. The Kier molecular flexibility index (Phi) is 5.44. The Bertz CT molecular complexity index is 248. The second-order valence-electron chi connectivity index (χ2n) is 0.953. The predicted molar refractivity (Wildman–Crippen MR) is 21.6 cm³/mol. The number of hydrogen-bond acceptors (Lipinski definition) is 8. The minimum atomic E-state index is -5.31. The summed E-state index contributed by atoms with van der Waals surface area (Å²) in [5.74, 6) is 0. The molecule has 0 heterocycles. The van der Waals surface area contributed by atoms with Crippen LogP contribution in [-0.4, -0.2) is 25.9 Å². The van der Waals surface area contributed by atoms with E-state index in [-0.39, 0.29) is 17.1 Å². The summed E-state index contributed by atoms with van der Waals surface area (Å²) in [5, 5.41) is 0. The van der Waals surface area contributed by atoms with Crippen LogP contribution in [0.1, 0.15) is 0 Å². The smallest absolute Gasteiger partial charge is 0.724 e. The van der Waals surface area contributed by atoms with Gasteiger partial charge in [-0.1, -0.05) is 0 Å². The van der Waals surface area contributed by atoms with Crippen molar-refractivity contribution in [2.45, 2.75) is 0 Å². The summed E-state index contributed by atoms with van der Waals surface area (Å²) in [5.41, 5.74) is 0. The molecule has 0 atom stereocenters. The molecule has 11 heavy (non-hydrogen) atoms. The van der Waals surface area contributed by atoms with Crippen molar-refractivity contribution in [1.29, 1.82) is 0 Å². The van der Waals surface area contributed by atoms with Crippen molar-refractivity contribution in [3.63, 3.8) is 0 Å². The van der Waals surface area contributed by atoms with Crippen molar-refractivity contribution in [2.75, 3.05) is 0 Å². The van der Waals surface area contributed by atoms with Crippen LogP contribution < -0.4 is 0 Å². The molecule has 0 amide bonds. The average molecular weight is 248 g/mol. The third kappa shape index (κ3) is 13.3. The van der Waals surface area contributed by atoms with E-state index in [2.05, 4.69) is 8.67 Å². The van der Waals surface area contributed by atoms with Crippen LogP contribution >= 0.6 is 0 Å². The van der Waals surface area contributed by atoms with E-state index in [1.165, 1.54) is 0 Å². The van der Waals surface area contributed by atoms with Crippen LogP contribution in [0.3, 0.4) is 0 Å². The molecule has 0 radical (unpaired) electrons. The monoisotopic (exact) mass is 248 g/mol. The molecule has 0 bridgehead atoms. The first kappa shape index (κ1) is 13.8. The second-order valence-corrected chi connectivity index (χ2v) is 2.86. The molecule has 68 valence electrons. The van der Waals surface area contributed by atoms with Gasteiger partial charge < -0.3 is 9.11 Å². The van der Waals surface area contributed by atoms with E-state index in [0.717, 1.165) is 0 Å². The first-order valence-corrected chi connectivity index (χ1v) is 4.17. The Morgan fingerprint density at radius 2 is 1.00 bits per heavy atom. The Morgan fingerprint density at radius 3 is 1.09 bits per heavy atom. The Labute approximate surface area is 72.8 Å². The fourth-order valence-corrected chi connectivity index (χ4v) is 0.612. The van der Waals surface area contributed by atoms with Crippen molar-refractivity contribution >= 4 is 20.8 Å². The van der Waals surface area contributed by atoms with Gasteiger partial charge in [-0.15, -0.1) is 8.67 Å². The first-order chi connectivity index (χ1) is 4.21.